The Hall–Kier alpha value is -3.94. The Morgan fingerprint density at radius 2 is 0.730 bits per heavy atom. The van der Waals surface area contributed by atoms with Crippen molar-refractivity contribution in [1.82, 2.24) is 0 Å². The molecule has 0 aromatic heterocycles. The molecular weight excluding hydrogens is 460 g/mol. The average Bonchev–Trinajstić information content (AvgIpc) is 3.22. The van der Waals surface area contributed by atoms with E-state index in [9.17, 15) is 0 Å². The molecular formula is C36H30Si. The minimum Gasteiger partial charge on any atom is -0.0622 e. The first-order valence-corrected chi connectivity index (χ1v) is 14.0. The molecule has 2 aromatic rings. The van der Waals surface area contributed by atoms with E-state index in [2.05, 4.69) is 137 Å². The van der Waals surface area contributed by atoms with E-state index in [0.717, 1.165) is 0 Å². The van der Waals surface area contributed by atoms with Gasteiger partial charge in [0.25, 0.3) is 0 Å². The summed E-state index contributed by atoms with van der Waals surface area (Å²) in [5.74, 6) is 0. The summed E-state index contributed by atoms with van der Waals surface area (Å²) in [6, 6.07) is 40.0. The summed E-state index contributed by atoms with van der Waals surface area (Å²) in [6.45, 7) is 9.07. The standard InChI is InChI=1S/C36H30Si/c1-23-13-11-19-29-21-25(3)35(33(29)31(23)27-15-7-5-8-16-27)37-36-26(4)22-30-20-12-14-24(2)32(34(30)36)28-17-9-6-10-18-28/h5-22H,1-4H3. The van der Waals surface area contributed by atoms with Gasteiger partial charge in [-0.2, -0.15) is 0 Å². The van der Waals surface area contributed by atoms with Crippen LogP contribution in [-0.2, 0) is 0 Å². The third-order valence-electron chi connectivity index (χ3n) is 7.52. The van der Waals surface area contributed by atoms with Gasteiger partial charge in [-0.1, -0.05) is 120 Å². The zero-order valence-electron chi connectivity index (χ0n) is 21.9. The molecule has 37 heavy (non-hydrogen) atoms. The second-order valence-corrected chi connectivity index (χ2v) is 11.3. The van der Waals surface area contributed by atoms with Gasteiger partial charge >= 0.3 is 0 Å². The molecule has 4 aliphatic rings. The van der Waals surface area contributed by atoms with E-state index in [0.29, 0.717) is 9.52 Å². The predicted octanol–water partition coefficient (Wildman–Crippen LogP) is 8.12. The average molecular weight is 491 g/mol. The van der Waals surface area contributed by atoms with Gasteiger partial charge in [0.1, 0.15) is 9.52 Å². The SMILES string of the molecule is Cc1cc2cccc(C)c(-c3ccccc3)c-2c1[Si]c1c(C)cc2cccc(C)c(-c3ccccc3)c1-2. The van der Waals surface area contributed by atoms with Crippen LogP contribution in [0, 0.1) is 27.7 Å². The number of benzene rings is 2. The third-order valence-corrected chi connectivity index (χ3v) is 9.31. The maximum atomic E-state index is 2.38. The van der Waals surface area contributed by atoms with Crippen LogP contribution in [0.1, 0.15) is 22.3 Å². The van der Waals surface area contributed by atoms with E-state index < -0.39 is 0 Å². The molecule has 6 rings (SSSR count). The van der Waals surface area contributed by atoms with Crippen LogP contribution in [0.15, 0.2) is 109 Å². The van der Waals surface area contributed by atoms with Crippen molar-refractivity contribution in [3.05, 3.63) is 131 Å². The van der Waals surface area contributed by atoms with Crippen molar-refractivity contribution >= 4 is 19.9 Å². The third kappa shape index (κ3) is 4.10. The van der Waals surface area contributed by atoms with Gasteiger partial charge in [-0.25, -0.2) is 0 Å². The number of aryl methyl sites for hydroxylation is 4. The Kier molecular flexibility index (Phi) is 6.02. The summed E-state index contributed by atoms with van der Waals surface area (Å²) in [5.41, 5.74) is 16.1. The highest BCUT2D eigenvalue weighted by Gasteiger charge is 2.25. The van der Waals surface area contributed by atoms with Gasteiger partial charge in [0.15, 0.2) is 0 Å². The minimum atomic E-state index is 0.572. The van der Waals surface area contributed by atoms with E-state index >= 15 is 0 Å². The fraction of sp³-hybridized carbons (Fsp3) is 0.111. The van der Waals surface area contributed by atoms with Crippen molar-refractivity contribution < 1.29 is 0 Å². The molecule has 2 radical (unpaired) electrons. The van der Waals surface area contributed by atoms with Gasteiger partial charge in [0.2, 0.25) is 0 Å². The topological polar surface area (TPSA) is 0 Å². The minimum absolute atomic E-state index is 0.572. The molecule has 0 N–H and O–H groups in total. The van der Waals surface area contributed by atoms with Gasteiger partial charge in [-0.3, -0.25) is 0 Å². The number of fused-ring (bicyclic) bond motifs is 2. The van der Waals surface area contributed by atoms with E-state index in [1.54, 1.807) is 0 Å². The molecule has 0 atom stereocenters. The predicted molar refractivity (Wildman–Crippen MR) is 161 cm³/mol. The van der Waals surface area contributed by atoms with Crippen molar-refractivity contribution in [2.75, 3.05) is 0 Å². The molecule has 0 unspecified atom stereocenters. The van der Waals surface area contributed by atoms with Crippen molar-refractivity contribution in [2.24, 2.45) is 0 Å². The highest BCUT2D eigenvalue weighted by Crippen LogP contribution is 2.38. The van der Waals surface area contributed by atoms with Gasteiger partial charge in [0.05, 0.1) is 0 Å². The Balaban J connectivity index is 1.63. The van der Waals surface area contributed by atoms with Crippen molar-refractivity contribution in [3.8, 4) is 44.5 Å². The summed E-state index contributed by atoms with van der Waals surface area (Å²) < 4.78 is 0. The summed E-state index contributed by atoms with van der Waals surface area (Å²) in [7, 11) is 0.572. The molecule has 178 valence electrons. The first kappa shape index (κ1) is 23.5. The lowest BCUT2D eigenvalue weighted by Crippen LogP contribution is -2.31. The van der Waals surface area contributed by atoms with Gasteiger partial charge < -0.3 is 0 Å². The van der Waals surface area contributed by atoms with E-state index in [-0.39, 0.29) is 0 Å². The monoisotopic (exact) mass is 490 g/mol. The molecule has 0 aliphatic heterocycles. The van der Waals surface area contributed by atoms with Crippen LogP contribution in [0.25, 0.3) is 44.5 Å². The Bertz CT molecular complexity index is 1540. The molecule has 0 saturated heterocycles. The molecule has 0 amide bonds. The van der Waals surface area contributed by atoms with E-state index in [4.69, 9.17) is 0 Å². The lowest BCUT2D eigenvalue weighted by atomic mass is 9.96. The lowest BCUT2D eigenvalue weighted by molar-refractivity contribution is 1.49. The summed E-state index contributed by atoms with van der Waals surface area (Å²) in [6.07, 6.45) is 0. The second kappa shape index (κ2) is 9.50. The molecule has 0 fully saturated rings. The maximum Gasteiger partial charge on any atom is 0.124 e. The summed E-state index contributed by atoms with van der Waals surface area (Å²) in [4.78, 5) is 0. The lowest BCUT2D eigenvalue weighted by Gasteiger charge is -2.15. The van der Waals surface area contributed by atoms with Crippen molar-refractivity contribution in [2.45, 2.75) is 27.7 Å². The molecule has 4 aliphatic carbocycles. The van der Waals surface area contributed by atoms with Crippen molar-refractivity contribution in [1.29, 1.82) is 0 Å². The molecule has 0 heterocycles. The van der Waals surface area contributed by atoms with Crippen LogP contribution in [0.5, 0.6) is 0 Å². The molecule has 2 aromatic carbocycles. The molecule has 0 saturated carbocycles. The summed E-state index contributed by atoms with van der Waals surface area (Å²) >= 11 is 0. The molecule has 0 spiro atoms. The zero-order chi connectivity index (χ0) is 25.5. The highest BCUT2D eigenvalue weighted by atomic mass is 28.2. The van der Waals surface area contributed by atoms with Crippen LogP contribution in [0.2, 0.25) is 0 Å². The van der Waals surface area contributed by atoms with Crippen LogP contribution >= 0.6 is 0 Å². The van der Waals surface area contributed by atoms with Gasteiger partial charge in [0, 0.05) is 0 Å². The first-order valence-electron chi connectivity index (χ1n) is 13.0. The quantitative estimate of drug-likeness (QED) is 0.219. The van der Waals surface area contributed by atoms with E-state index in [1.807, 2.05) is 0 Å². The zero-order valence-corrected chi connectivity index (χ0v) is 22.9. The number of hydrogen-bond donors (Lipinski definition) is 0. The Morgan fingerprint density at radius 3 is 1.14 bits per heavy atom. The van der Waals surface area contributed by atoms with Crippen LogP contribution in [0.4, 0.5) is 0 Å². The maximum absolute atomic E-state index is 2.38. The first-order chi connectivity index (χ1) is 18.0. The molecule has 0 bridgehead atoms. The number of rotatable bonds is 4. The van der Waals surface area contributed by atoms with Crippen molar-refractivity contribution in [3.63, 3.8) is 0 Å². The highest BCUT2D eigenvalue weighted by molar-refractivity contribution is 6.72. The Morgan fingerprint density at radius 1 is 0.351 bits per heavy atom. The normalized spacial score (nSPS) is 11.4. The smallest absolute Gasteiger partial charge is 0.0622 e. The van der Waals surface area contributed by atoms with Gasteiger partial charge in [-0.15, -0.1) is 0 Å². The molecule has 0 nitrogen and oxygen atoms in total. The second-order valence-electron chi connectivity index (χ2n) is 10.1. The fourth-order valence-corrected chi connectivity index (χ4v) is 7.37. The number of hydrogen-bond acceptors (Lipinski definition) is 0. The molecule has 1 heteroatoms. The Labute approximate surface area is 223 Å². The summed E-state index contributed by atoms with van der Waals surface area (Å²) in [5, 5.41) is 2.93. The van der Waals surface area contributed by atoms with E-state index in [1.165, 1.54) is 77.1 Å². The largest absolute Gasteiger partial charge is 0.124 e. The van der Waals surface area contributed by atoms with Crippen LogP contribution < -0.4 is 10.4 Å². The van der Waals surface area contributed by atoms with Crippen LogP contribution in [-0.4, -0.2) is 9.52 Å². The fourth-order valence-electron chi connectivity index (χ4n) is 5.79. The van der Waals surface area contributed by atoms with Gasteiger partial charge in [-0.05, 0) is 93.7 Å². The van der Waals surface area contributed by atoms with Crippen LogP contribution in [0.3, 0.4) is 0 Å².